The second-order valence-electron chi connectivity index (χ2n) is 6.69. The molecule has 0 radical (unpaired) electrons. The van der Waals surface area contributed by atoms with Gasteiger partial charge in [0, 0.05) is 18.5 Å². The molecule has 0 saturated carbocycles. The third kappa shape index (κ3) is 3.24. The predicted molar refractivity (Wildman–Crippen MR) is 107 cm³/mol. The molecule has 144 valence electrons. The van der Waals surface area contributed by atoms with E-state index < -0.39 is 6.09 Å². The number of thiophene rings is 1. The summed E-state index contributed by atoms with van der Waals surface area (Å²) in [4.78, 5) is 27.5. The van der Waals surface area contributed by atoms with Gasteiger partial charge in [-0.05, 0) is 31.5 Å². The minimum absolute atomic E-state index is 0.153. The number of anilines is 1. The zero-order valence-electron chi connectivity index (χ0n) is 15.4. The standard InChI is InChI=1S/C19H19N5O3S/c1-10-11(2)22-23-17-14(10)15(20)16(28-17)18(25)24-8-12(9-24)21-19(26)27-13-6-4-3-5-7-13/h3-7,12H,8-9,20H2,1-2H3,(H,21,26). The largest absolute Gasteiger partial charge is 0.412 e. The van der Waals surface area contributed by atoms with Gasteiger partial charge in [-0.1, -0.05) is 18.2 Å². The topological polar surface area (TPSA) is 110 Å². The number of likely N-dealkylation sites (tertiary alicyclic amines) is 1. The van der Waals surface area contributed by atoms with Crippen LogP contribution in [0.5, 0.6) is 5.75 Å². The van der Waals surface area contributed by atoms with Gasteiger partial charge in [0.1, 0.15) is 15.5 Å². The van der Waals surface area contributed by atoms with Crippen LogP contribution in [0.25, 0.3) is 10.2 Å². The molecule has 1 aliphatic heterocycles. The van der Waals surface area contributed by atoms with Crippen molar-refractivity contribution in [3.8, 4) is 5.75 Å². The third-order valence-corrected chi connectivity index (χ3v) is 5.85. The van der Waals surface area contributed by atoms with E-state index in [1.165, 1.54) is 11.3 Å². The highest BCUT2D eigenvalue weighted by molar-refractivity contribution is 7.21. The van der Waals surface area contributed by atoms with Crippen molar-refractivity contribution in [3.05, 3.63) is 46.5 Å². The molecule has 0 aliphatic carbocycles. The molecule has 1 aromatic carbocycles. The highest BCUT2D eigenvalue weighted by atomic mass is 32.1. The van der Waals surface area contributed by atoms with Crippen LogP contribution in [0.2, 0.25) is 0 Å². The maximum Gasteiger partial charge on any atom is 0.412 e. The Hall–Kier alpha value is -3.20. The van der Waals surface area contributed by atoms with E-state index in [0.717, 1.165) is 16.6 Å². The second kappa shape index (κ2) is 7.08. The van der Waals surface area contributed by atoms with Gasteiger partial charge >= 0.3 is 6.09 Å². The first-order chi connectivity index (χ1) is 13.4. The molecule has 3 heterocycles. The molecule has 2 amide bonds. The summed E-state index contributed by atoms with van der Waals surface area (Å²) in [6.45, 7) is 4.59. The average Bonchev–Trinajstić information content (AvgIpc) is 2.98. The number of fused-ring (bicyclic) bond motifs is 1. The fourth-order valence-corrected chi connectivity index (χ4v) is 4.14. The number of nitrogen functional groups attached to an aromatic ring is 1. The highest BCUT2D eigenvalue weighted by Gasteiger charge is 2.35. The van der Waals surface area contributed by atoms with Crippen LogP contribution in [0.3, 0.4) is 0 Å². The SMILES string of the molecule is Cc1nnc2sc(C(=O)N3CC(NC(=O)Oc4ccccc4)C3)c(N)c2c1C. The van der Waals surface area contributed by atoms with Crippen molar-refractivity contribution >= 4 is 39.2 Å². The van der Waals surface area contributed by atoms with E-state index in [1.807, 2.05) is 19.9 Å². The molecule has 28 heavy (non-hydrogen) atoms. The average molecular weight is 397 g/mol. The van der Waals surface area contributed by atoms with E-state index in [9.17, 15) is 9.59 Å². The maximum atomic E-state index is 12.8. The number of carbonyl (C=O) groups excluding carboxylic acids is 2. The number of nitrogens with one attached hydrogen (secondary N) is 1. The molecule has 0 unspecified atom stereocenters. The van der Waals surface area contributed by atoms with Crippen molar-refractivity contribution in [2.75, 3.05) is 18.8 Å². The predicted octanol–water partition coefficient (Wildman–Crippen LogP) is 2.50. The van der Waals surface area contributed by atoms with Crippen molar-refractivity contribution < 1.29 is 14.3 Å². The number of hydrogen-bond acceptors (Lipinski definition) is 7. The fraction of sp³-hybridized carbons (Fsp3) is 0.263. The Morgan fingerprint density at radius 1 is 1.21 bits per heavy atom. The van der Waals surface area contributed by atoms with Crippen LogP contribution in [-0.4, -0.2) is 46.2 Å². The molecule has 8 nitrogen and oxygen atoms in total. The van der Waals surface area contributed by atoms with E-state index >= 15 is 0 Å². The minimum atomic E-state index is -0.536. The van der Waals surface area contributed by atoms with Crippen LogP contribution in [0, 0.1) is 13.8 Å². The first kappa shape index (κ1) is 18.2. The quantitative estimate of drug-likeness (QED) is 0.703. The summed E-state index contributed by atoms with van der Waals surface area (Å²) < 4.78 is 5.20. The van der Waals surface area contributed by atoms with Gasteiger partial charge in [-0.2, -0.15) is 5.10 Å². The molecule has 0 bridgehead atoms. The van der Waals surface area contributed by atoms with Crippen molar-refractivity contribution in [2.45, 2.75) is 19.9 Å². The van der Waals surface area contributed by atoms with Gasteiger partial charge in [-0.15, -0.1) is 16.4 Å². The normalized spacial score (nSPS) is 14.0. The zero-order chi connectivity index (χ0) is 19.8. The van der Waals surface area contributed by atoms with Crippen LogP contribution >= 0.6 is 11.3 Å². The number of carbonyl (C=O) groups is 2. The lowest BCUT2D eigenvalue weighted by molar-refractivity contribution is 0.0573. The van der Waals surface area contributed by atoms with Crippen LogP contribution < -0.4 is 15.8 Å². The summed E-state index contributed by atoms with van der Waals surface area (Å²) in [6.07, 6.45) is -0.536. The van der Waals surface area contributed by atoms with Gasteiger partial charge < -0.3 is 20.7 Å². The van der Waals surface area contributed by atoms with Gasteiger partial charge in [-0.3, -0.25) is 4.79 Å². The third-order valence-electron chi connectivity index (χ3n) is 4.77. The number of nitrogens with two attached hydrogens (primary N) is 1. The van der Waals surface area contributed by atoms with Crippen LogP contribution in [0.4, 0.5) is 10.5 Å². The van der Waals surface area contributed by atoms with Gasteiger partial charge in [0.15, 0.2) is 0 Å². The summed E-state index contributed by atoms with van der Waals surface area (Å²) in [7, 11) is 0. The number of aromatic nitrogens is 2. The smallest absolute Gasteiger partial charge is 0.410 e. The van der Waals surface area contributed by atoms with Gasteiger partial charge in [-0.25, -0.2) is 4.79 Å². The molecular weight excluding hydrogens is 378 g/mol. The molecule has 4 rings (SSSR count). The number of hydrogen-bond donors (Lipinski definition) is 2. The Morgan fingerprint density at radius 3 is 2.64 bits per heavy atom. The Kier molecular flexibility index (Phi) is 4.60. The minimum Gasteiger partial charge on any atom is -0.410 e. The number of ether oxygens (including phenoxy) is 1. The van der Waals surface area contributed by atoms with E-state index in [4.69, 9.17) is 10.5 Å². The molecule has 1 fully saturated rings. The number of para-hydroxylation sites is 1. The highest BCUT2D eigenvalue weighted by Crippen LogP contribution is 2.36. The maximum absolute atomic E-state index is 12.8. The van der Waals surface area contributed by atoms with Gasteiger partial charge in [0.2, 0.25) is 0 Å². The van der Waals surface area contributed by atoms with Crippen molar-refractivity contribution in [1.82, 2.24) is 20.4 Å². The molecule has 9 heteroatoms. The molecule has 3 N–H and O–H groups in total. The molecule has 0 spiro atoms. The molecular formula is C19H19N5O3S. The first-order valence-electron chi connectivity index (χ1n) is 8.78. The van der Waals surface area contributed by atoms with Crippen molar-refractivity contribution in [3.63, 3.8) is 0 Å². The first-order valence-corrected chi connectivity index (χ1v) is 9.60. The lowest BCUT2D eigenvalue weighted by atomic mass is 10.1. The summed E-state index contributed by atoms with van der Waals surface area (Å²) in [5, 5.41) is 11.8. The van der Waals surface area contributed by atoms with Crippen LogP contribution in [-0.2, 0) is 0 Å². The summed E-state index contributed by atoms with van der Waals surface area (Å²) in [5.74, 6) is 0.309. The van der Waals surface area contributed by atoms with Crippen molar-refractivity contribution in [1.29, 1.82) is 0 Å². The number of amides is 2. The van der Waals surface area contributed by atoms with Crippen LogP contribution in [0.15, 0.2) is 30.3 Å². The number of nitrogens with zero attached hydrogens (tertiary/aromatic N) is 3. The van der Waals surface area contributed by atoms with Gasteiger partial charge in [0.05, 0.1) is 17.4 Å². The summed E-state index contributed by atoms with van der Waals surface area (Å²) >= 11 is 1.25. The van der Waals surface area contributed by atoms with E-state index in [-0.39, 0.29) is 11.9 Å². The fourth-order valence-electron chi connectivity index (χ4n) is 3.07. The van der Waals surface area contributed by atoms with Gasteiger partial charge in [0.25, 0.3) is 5.91 Å². The summed E-state index contributed by atoms with van der Waals surface area (Å²) in [5.41, 5.74) is 8.41. The van der Waals surface area contributed by atoms with E-state index in [1.54, 1.807) is 29.2 Å². The molecule has 3 aromatic rings. The Balaban J connectivity index is 1.39. The second-order valence-corrected chi connectivity index (χ2v) is 7.69. The lowest BCUT2D eigenvalue weighted by Gasteiger charge is -2.39. The Labute approximate surface area is 165 Å². The number of rotatable bonds is 3. The summed E-state index contributed by atoms with van der Waals surface area (Å²) in [6, 6.07) is 8.67. The monoisotopic (exact) mass is 397 g/mol. The Morgan fingerprint density at radius 2 is 1.93 bits per heavy atom. The van der Waals surface area contributed by atoms with E-state index in [0.29, 0.717) is 34.2 Å². The van der Waals surface area contributed by atoms with E-state index in [2.05, 4.69) is 15.5 Å². The van der Waals surface area contributed by atoms with Crippen molar-refractivity contribution in [2.24, 2.45) is 0 Å². The molecule has 0 atom stereocenters. The molecule has 2 aromatic heterocycles. The Bertz CT molecular complexity index is 1060. The molecule has 1 saturated heterocycles. The number of benzene rings is 1. The van der Waals surface area contributed by atoms with Crippen LogP contribution in [0.1, 0.15) is 20.9 Å². The zero-order valence-corrected chi connectivity index (χ0v) is 16.2. The lowest BCUT2D eigenvalue weighted by Crippen LogP contribution is -2.61. The molecule has 1 aliphatic rings. The number of aryl methyl sites for hydroxylation is 2.